The van der Waals surface area contributed by atoms with Gasteiger partial charge in [-0.05, 0) is 49.7 Å². The molecule has 0 radical (unpaired) electrons. The lowest BCUT2D eigenvalue weighted by molar-refractivity contribution is 0.0977. The number of amides is 1. The Labute approximate surface area is 190 Å². The molecule has 3 rings (SSSR count). The SMILES string of the molecule is CCCn1cc(CN=C(NC(=O)c2cccc(Cl)c2)Nc2ccc(F)c(Cl)c2)c(C)n1. The molecule has 0 spiro atoms. The molecule has 0 unspecified atom stereocenters. The Morgan fingerprint density at radius 3 is 2.74 bits per heavy atom. The Morgan fingerprint density at radius 2 is 2.03 bits per heavy atom. The molecule has 162 valence electrons. The molecule has 1 amide bonds. The first-order valence-corrected chi connectivity index (χ1v) is 10.5. The summed E-state index contributed by atoms with van der Waals surface area (Å²) in [6, 6.07) is 10.7. The first kappa shape index (κ1) is 22.8. The van der Waals surface area contributed by atoms with Gasteiger partial charge in [0.15, 0.2) is 0 Å². The molecule has 6 nitrogen and oxygen atoms in total. The standard InChI is InChI=1S/C22H22Cl2FN5O/c1-3-9-30-13-16(14(2)29-30)12-26-22(27-18-7-8-20(25)19(24)11-18)28-21(31)15-5-4-6-17(23)10-15/h4-8,10-11,13H,3,9,12H2,1-2H3,(H2,26,27,28,31). The minimum Gasteiger partial charge on any atom is -0.326 e. The molecule has 2 N–H and O–H groups in total. The van der Waals surface area contributed by atoms with Crippen molar-refractivity contribution in [1.82, 2.24) is 15.1 Å². The summed E-state index contributed by atoms with van der Waals surface area (Å²) in [5.74, 6) is -0.733. The van der Waals surface area contributed by atoms with Crippen LogP contribution in [0.3, 0.4) is 0 Å². The number of nitrogens with one attached hydrogen (secondary N) is 2. The number of guanidine groups is 1. The van der Waals surface area contributed by atoms with Crippen molar-refractivity contribution in [2.24, 2.45) is 4.99 Å². The molecule has 0 saturated heterocycles. The van der Waals surface area contributed by atoms with Crippen LogP contribution in [0, 0.1) is 12.7 Å². The number of benzene rings is 2. The molecule has 0 saturated carbocycles. The summed E-state index contributed by atoms with van der Waals surface area (Å²) >= 11 is 11.9. The van der Waals surface area contributed by atoms with Crippen LogP contribution < -0.4 is 10.6 Å². The minimum absolute atomic E-state index is 0.0396. The smallest absolute Gasteiger partial charge is 0.258 e. The van der Waals surface area contributed by atoms with Crippen LogP contribution in [0.5, 0.6) is 0 Å². The molecule has 2 aromatic carbocycles. The molecule has 31 heavy (non-hydrogen) atoms. The van der Waals surface area contributed by atoms with Crippen molar-refractivity contribution >= 4 is 40.8 Å². The number of aryl methyl sites for hydroxylation is 2. The van der Waals surface area contributed by atoms with Gasteiger partial charge in [0, 0.05) is 34.6 Å². The first-order valence-electron chi connectivity index (χ1n) is 9.72. The van der Waals surface area contributed by atoms with Crippen molar-refractivity contribution in [2.75, 3.05) is 5.32 Å². The largest absolute Gasteiger partial charge is 0.326 e. The summed E-state index contributed by atoms with van der Waals surface area (Å²) in [6.45, 7) is 5.10. The highest BCUT2D eigenvalue weighted by Crippen LogP contribution is 2.19. The average Bonchev–Trinajstić information content (AvgIpc) is 3.08. The molecule has 1 aromatic heterocycles. The van der Waals surface area contributed by atoms with Gasteiger partial charge in [-0.25, -0.2) is 9.38 Å². The van der Waals surface area contributed by atoms with Crippen LogP contribution in [0.4, 0.5) is 10.1 Å². The van der Waals surface area contributed by atoms with E-state index in [1.54, 1.807) is 24.3 Å². The van der Waals surface area contributed by atoms with Gasteiger partial charge in [0.2, 0.25) is 5.96 Å². The fourth-order valence-electron chi connectivity index (χ4n) is 2.85. The number of hydrogen-bond acceptors (Lipinski definition) is 3. The van der Waals surface area contributed by atoms with Gasteiger partial charge in [-0.3, -0.25) is 14.8 Å². The number of carbonyl (C=O) groups is 1. The van der Waals surface area contributed by atoms with Crippen LogP contribution in [-0.4, -0.2) is 21.6 Å². The van der Waals surface area contributed by atoms with Gasteiger partial charge in [0.1, 0.15) is 5.82 Å². The maximum Gasteiger partial charge on any atom is 0.258 e. The Morgan fingerprint density at radius 1 is 1.23 bits per heavy atom. The van der Waals surface area contributed by atoms with Crippen LogP contribution in [0.2, 0.25) is 10.0 Å². The zero-order valence-electron chi connectivity index (χ0n) is 17.1. The Bertz CT molecular complexity index is 1110. The highest BCUT2D eigenvalue weighted by molar-refractivity contribution is 6.31. The van der Waals surface area contributed by atoms with E-state index in [4.69, 9.17) is 23.2 Å². The molecule has 0 atom stereocenters. The third kappa shape index (κ3) is 6.29. The van der Waals surface area contributed by atoms with Crippen molar-refractivity contribution in [3.63, 3.8) is 0 Å². The monoisotopic (exact) mass is 461 g/mol. The quantitative estimate of drug-likeness (QED) is 0.378. The normalized spacial score (nSPS) is 11.5. The van der Waals surface area contributed by atoms with Gasteiger partial charge in [-0.1, -0.05) is 36.2 Å². The second-order valence-corrected chi connectivity index (χ2v) is 7.73. The Balaban J connectivity index is 1.84. The van der Waals surface area contributed by atoms with Gasteiger partial charge >= 0.3 is 0 Å². The van der Waals surface area contributed by atoms with E-state index in [1.165, 1.54) is 18.2 Å². The van der Waals surface area contributed by atoms with Gasteiger partial charge in [-0.2, -0.15) is 5.10 Å². The summed E-state index contributed by atoms with van der Waals surface area (Å²) in [4.78, 5) is 17.2. The number of halogens is 3. The molecule has 1 heterocycles. The predicted molar refractivity (Wildman–Crippen MR) is 122 cm³/mol. The highest BCUT2D eigenvalue weighted by atomic mass is 35.5. The summed E-state index contributed by atoms with van der Waals surface area (Å²) in [5, 5.41) is 10.6. The van der Waals surface area contributed by atoms with E-state index in [9.17, 15) is 9.18 Å². The number of rotatable bonds is 6. The van der Waals surface area contributed by atoms with Gasteiger partial charge in [0.25, 0.3) is 5.91 Å². The minimum atomic E-state index is -0.535. The van der Waals surface area contributed by atoms with Crippen LogP contribution in [0.25, 0.3) is 0 Å². The third-order valence-electron chi connectivity index (χ3n) is 4.41. The summed E-state index contributed by atoms with van der Waals surface area (Å²) < 4.78 is 15.4. The molecule has 0 aliphatic carbocycles. The second-order valence-electron chi connectivity index (χ2n) is 6.89. The number of aromatic nitrogens is 2. The van der Waals surface area contributed by atoms with Gasteiger partial charge in [-0.15, -0.1) is 0 Å². The van der Waals surface area contributed by atoms with Crippen LogP contribution in [0.1, 0.15) is 35.0 Å². The molecule has 0 aliphatic heterocycles. The van der Waals surface area contributed by atoms with Crippen molar-refractivity contribution in [2.45, 2.75) is 33.4 Å². The maximum atomic E-state index is 13.5. The second kappa shape index (κ2) is 10.4. The fourth-order valence-corrected chi connectivity index (χ4v) is 3.22. The zero-order chi connectivity index (χ0) is 22.4. The molecule has 0 bridgehead atoms. The van der Waals surface area contributed by atoms with Gasteiger partial charge in [0.05, 0.1) is 17.3 Å². The molecule has 3 aromatic rings. The van der Waals surface area contributed by atoms with E-state index < -0.39 is 5.82 Å². The van der Waals surface area contributed by atoms with Crippen molar-refractivity contribution in [3.05, 3.63) is 81.3 Å². The highest BCUT2D eigenvalue weighted by Gasteiger charge is 2.12. The Hall–Kier alpha value is -2.90. The van der Waals surface area contributed by atoms with E-state index >= 15 is 0 Å². The third-order valence-corrected chi connectivity index (χ3v) is 4.93. The summed E-state index contributed by atoms with van der Waals surface area (Å²) in [5.41, 5.74) is 2.66. The first-order chi connectivity index (χ1) is 14.9. The number of hydrogen-bond donors (Lipinski definition) is 2. The molecule has 0 aliphatic rings. The van der Waals surface area contributed by atoms with Crippen molar-refractivity contribution in [3.8, 4) is 0 Å². The van der Waals surface area contributed by atoms with Crippen LogP contribution in [0.15, 0.2) is 53.7 Å². The van der Waals surface area contributed by atoms with E-state index in [1.807, 2.05) is 17.8 Å². The van der Waals surface area contributed by atoms with E-state index in [0.29, 0.717) is 22.8 Å². The number of aliphatic imine (C=N–C) groups is 1. The molecular weight excluding hydrogens is 440 g/mol. The fraction of sp³-hybridized carbons (Fsp3) is 0.227. The topological polar surface area (TPSA) is 71.3 Å². The lowest BCUT2D eigenvalue weighted by Crippen LogP contribution is -2.36. The lowest BCUT2D eigenvalue weighted by Gasteiger charge is -2.12. The van der Waals surface area contributed by atoms with E-state index in [0.717, 1.165) is 24.2 Å². The molecule has 0 fully saturated rings. The lowest BCUT2D eigenvalue weighted by atomic mass is 10.2. The van der Waals surface area contributed by atoms with E-state index in [-0.39, 0.29) is 16.9 Å². The average molecular weight is 462 g/mol. The van der Waals surface area contributed by atoms with Crippen molar-refractivity contribution < 1.29 is 9.18 Å². The zero-order valence-corrected chi connectivity index (χ0v) is 18.6. The summed E-state index contributed by atoms with van der Waals surface area (Å²) in [6.07, 6.45) is 2.91. The van der Waals surface area contributed by atoms with Crippen LogP contribution >= 0.6 is 23.2 Å². The van der Waals surface area contributed by atoms with E-state index in [2.05, 4.69) is 27.6 Å². The van der Waals surface area contributed by atoms with Gasteiger partial charge < -0.3 is 5.32 Å². The number of carbonyl (C=O) groups excluding carboxylic acids is 1. The molecular formula is C22H22Cl2FN5O. The number of nitrogens with zero attached hydrogens (tertiary/aromatic N) is 3. The maximum absolute atomic E-state index is 13.5. The van der Waals surface area contributed by atoms with Crippen LogP contribution in [-0.2, 0) is 13.1 Å². The van der Waals surface area contributed by atoms with Crippen molar-refractivity contribution in [1.29, 1.82) is 0 Å². The summed E-state index contributed by atoms with van der Waals surface area (Å²) in [7, 11) is 0. The number of anilines is 1. The Kier molecular flexibility index (Phi) is 7.65. The predicted octanol–water partition coefficient (Wildman–Crippen LogP) is 5.45. The molecule has 9 heteroatoms.